The second-order valence-electron chi connectivity index (χ2n) is 4.00. The van der Waals surface area contributed by atoms with E-state index in [1.54, 1.807) is 6.20 Å². The minimum absolute atomic E-state index is 0.207. The predicted octanol–water partition coefficient (Wildman–Crippen LogP) is 0.940. The monoisotopic (exact) mass is 274 g/mol. The van der Waals surface area contributed by atoms with Crippen molar-refractivity contribution in [2.75, 3.05) is 19.6 Å². The van der Waals surface area contributed by atoms with Crippen LogP contribution in [0.15, 0.2) is 11.2 Å². The van der Waals surface area contributed by atoms with Crippen LogP contribution in [-0.4, -0.2) is 42.6 Å². The second kappa shape index (κ2) is 6.86. The predicted molar refractivity (Wildman–Crippen MR) is 70.7 cm³/mol. The molecule has 104 valence electrons. The fourth-order valence-electron chi connectivity index (χ4n) is 1.73. The van der Waals surface area contributed by atoms with E-state index in [1.807, 2.05) is 20.8 Å². The third kappa shape index (κ3) is 3.30. The molecule has 0 spiro atoms. The van der Waals surface area contributed by atoms with Crippen molar-refractivity contribution in [1.82, 2.24) is 19.8 Å². The van der Waals surface area contributed by atoms with Crippen molar-refractivity contribution < 1.29 is 8.42 Å². The lowest BCUT2D eigenvalue weighted by atomic mass is 10.3. The summed E-state index contributed by atoms with van der Waals surface area (Å²) in [6, 6.07) is 0. The first-order chi connectivity index (χ1) is 8.57. The lowest BCUT2D eigenvalue weighted by molar-refractivity contribution is 0.424. The molecule has 0 aliphatic heterocycles. The molecular formula is C11H22N4O2S. The van der Waals surface area contributed by atoms with Gasteiger partial charge in [0.25, 0.3) is 10.0 Å². The van der Waals surface area contributed by atoms with Gasteiger partial charge in [-0.15, -0.1) is 0 Å². The third-order valence-corrected chi connectivity index (χ3v) is 4.66. The number of nitrogens with zero attached hydrogens (tertiary/aromatic N) is 2. The highest BCUT2D eigenvalue weighted by atomic mass is 32.2. The highest BCUT2D eigenvalue weighted by molar-refractivity contribution is 7.89. The van der Waals surface area contributed by atoms with Crippen molar-refractivity contribution in [2.45, 2.75) is 38.8 Å². The third-order valence-electron chi connectivity index (χ3n) is 2.67. The molecule has 0 unspecified atom stereocenters. The van der Waals surface area contributed by atoms with Gasteiger partial charge in [-0.3, -0.25) is 5.10 Å². The number of nitrogens with one attached hydrogen (secondary N) is 2. The SMILES string of the molecule is CCCN(CC)S(=O)(=O)c1[nH]ncc1CNCC. The Morgan fingerprint density at radius 1 is 1.39 bits per heavy atom. The number of H-pyrrole nitrogens is 1. The van der Waals surface area contributed by atoms with Crippen molar-refractivity contribution >= 4 is 10.0 Å². The van der Waals surface area contributed by atoms with Crippen LogP contribution in [-0.2, 0) is 16.6 Å². The van der Waals surface area contributed by atoms with Crippen LogP contribution in [0.25, 0.3) is 0 Å². The zero-order chi connectivity index (χ0) is 13.6. The summed E-state index contributed by atoms with van der Waals surface area (Å²) in [5, 5.41) is 9.77. The first-order valence-electron chi connectivity index (χ1n) is 6.30. The Hall–Kier alpha value is -0.920. The van der Waals surface area contributed by atoms with Gasteiger partial charge in [-0.1, -0.05) is 20.8 Å². The molecular weight excluding hydrogens is 252 g/mol. The zero-order valence-corrected chi connectivity index (χ0v) is 12.0. The molecule has 0 atom stereocenters. The zero-order valence-electron chi connectivity index (χ0n) is 11.2. The molecule has 0 fully saturated rings. The van der Waals surface area contributed by atoms with Gasteiger partial charge in [-0.05, 0) is 13.0 Å². The van der Waals surface area contributed by atoms with Crippen LogP contribution in [0.5, 0.6) is 0 Å². The van der Waals surface area contributed by atoms with Gasteiger partial charge in [-0.25, -0.2) is 8.42 Å². The maximum Gasteiger partial charge on any atom is 0.260 e. The molecule has 0 aliphatic rings. The topological polar surface area (TPSA) is 78.1 Å². The van der Waals surface area contributed by atoms with E-state index in [0.717, 1.165) is 13.0 Å². The molecule has 0 saturated carbocycles. The summed E-state index contributed by atoms with van der Waals surface area (Å²) in [5.41, 5.74) is 0.686. The van der Waals surface area contributed by atoms with E-state index in [4.69, 9.17) is 0 Å². The summed E-state index contributed by atoms with van der Waals surface area (Å²) < 4.78 is 26.3. The maximum absolute atomic E-state index is 12.4. The van der Waals surface area contributed by atoms with Gasteiger partial charge < -0.3 is 5.32 Å². The Balaban J connectivity index is 3.00. The fourth-order valence-corrected chi connectivity index (χ4v) is 3.38. The molecule has 0 aliphatic carbocycles. The summed E-state index contributed by atoms with van der Waals surface area (Å²) in [7, 11) is -3.46. The molecule has 6 nitrogen and oxygen atoms in total. The summed E-state index contributed by atoms with van der Waals surface area (Å²) in [6.07, 6.45) is 2.36. The smallest absolute Gasteiger partial charge is 0.260 e. The average Bonchev–Trinajstić information content (AvgIpc) is 2.82. The largest absolute Gasteiger partial charge is 0.313 e. The molecule has 0 amide bonds. The highest BCUT2D eigenvalue weighted by Crippen LogP contribution is 2.17. The van der Waals surface area contributed by atoms with E-state index in [1.165, 1.54) is 4.31 Å². The Bertz CT molecular complexity index is 455. The average molecular weight is 274 g/mol. The van der Waals surface area contributed by atoms with Gasteiger partial charge in [0.1, 0.15) is 0 Å². The van der Waals surface area contributed by atoms with Crippen molar-refractivity contribution in [2.24, 2.45) is 0 Å². The van der Waals surface area contributed by atoms with Gasteiger partial charge in [0.15, 0.2) is 5.03 Å². The van der Waals surface area contributed by atoms with E-state index < -0.39 is 10.0 Å². The lowest BCUT2D eigenvalue weighted by Gasteiger charge is -2.19. The van der Waals surface area contributed by atoms with Gasteiger partial charge in [0.05, 0.1) is 6.20 Å². The van der Waals surface area contributed by atoms with Gasteiger partial charge in [0.2, 0.25) is 0 Å². The van der Waals surface area contributed by atoms with Crippen LogP contribution in [0.4, 0.5) is 0 Å². The van der Waals surface area contributed by atoms with Gasteiger partial charge in [-0.2, -0.15) is 9.40 Å². The normalized spacial score (nSPS) is 12.2. The van der Waals surface area contributed by atoms with E-state index in [-0.39, 0.29) is 5.03 Å². The Labute approximate surface area is 109 Å². The molecule has 18 heavy (non-hydrogen) atoms. The molecule has 0 saturated heterocycles. The molecule has 0 radical (unpaired) electrons. The molecule has 0 aromatic carbocycles. The lowest BCUT2D eigenvalue weighted by Crippen LogP contribution is -2.32. The Kier molecular flexibility index (Phi) is 5.77. The summed E-state index contributed by atoms with van der Waals surface area (Å²) in [5.74, 6) is 0. The first kappa shape index (κ1) is 15.1. The number of aromatic amines is 1. The van der Waals surface area contributed by atoms with Crippen molar-refractivity contribution in [3.8, 4) is 0 Å². The quantitative estimate of drug-likeness (QED) is 0.739. The standard InChI is InChI=1S/C11H22N4O2S/c1-4-7-15(6-3)18(16,17)11-10(8-12-5-2)9-13-14-11/h9,12H,4-8H2,1-3H3,(H,13,14). The summed E-state index contributed by atoms with van der Waals surface area (Å²) in [4.78, 5) is 0. The van der Waals surface area contributed by atoms with E-state index in [0.29, 0.717) is 25.2 Å². The van der Waals surface area contributed by atoms with Crippen molar-refractivity contribution in [3.05, 3.63) is 11.8 Å². The maximum atomic E-state index is 12.4. The van der Waals surface area contributed by atoms with Crippen LogP contribution in [0, 0.1) is 0 Å². The number of hydrogen-bond donors (Lipinski definition) is 2. The van der Waals surface area contributed by atoms with Crippen molar-refractivity contribution in [3.63, 3.8) is 0 Å². The van der Waals surface area contributed by atoms with Gasteiger partial charge >= 0.3 is 0 Å². The minimum atomic E-state index is -3.46. The number of sulfonamides is 1. The molecule has 1 rings (SSSR count). The fraction of sp³-hybridized carbons (Fsp3) is 0.727. The van der Waals surface area contributed by atoms with E-state index in [9.17, 15) is 8.42 Å². The van der Waals surface area contributed by atoms with E-state index in [2.05, 4.69) is 15.5 Å². The molecule has 1 heterocycles. The van der Waals surface area contributed by atoms with Crippen LogP contribution >= 0.6 is 0 Å². The molecule has 2 N–H and O–H groups in total. The molecule has 1 aromatic heterocycles. The Morgan fingerprint density at radius 3 is 2.67 bits per heavy atom. The summed E-state index contributed by atoms with van der Waals surface area (Å²) >= 11 is 0. The van der Waals surface area contributed by atoms with Crippen LogP contribution in [0.2, 0.25) is 0 Å². The number of hydrogen-bond acceptors (Lipinski definition) is 4. The van der Waals surface area contributed by atoms with E-state index >= 15 is 0 Å². The Morgan fingerprint density at radius 2 is 2.11 bits per heavy atom. The van der Waals surface area contributed by atoms with Crippen molar-refractivity contribution in [1.29, 1.82) is 0 Å². The van der Waals surface area contributed by atoms with Crippen LogP contribution in [0.1, 0.15) is 32.8 Å². The number of rotatable bonds is 8. The van der Waals surface area contributed by atoms with Gasteiger partial charge in [0, 0.05) is 25.2 Å². The summed E-state index contributed by atoms with van der Waals surface area (Å²) in [6.45, 7) is 8.07. The highest BCUT2D eigenvalue weighted by Gasteiger charge is 2.26. The molecule has 1 aromatic rings. The van der Waals surface area contributed by atoms with Crippen LogP contribution in [0.3, 0.4) is 0 Å². The number of aromatic nitrogens is 2. The van der Waals surface area contributed by atoms with Crippen LogP contribution < -0.4 is 5.32 Å². The minimum Gasteiger partial charge on any atom is -0.313 e. The first-order valence-corrected chi connectivity index (χ1v) is 7.75. The molecule has 0 bridgehead atoms. The molecule has 7 heteroatoms. The second-order valence-corrected chi connectivity index (χ2v) is 5.88.